The van der Waals surface area contributed by atoms with Crippen LogP contribution in [0.1, 0.15) is 32.8 Å². The lowest BCUT2D eigenvalue weighted by Crippen LogP contribution is -2.30. The van der Waals surface area contributed by atoms with E-state index in [0.29, 0.717) is 17.8 Å². The molecule has 0 spiro atoms. The second kappa shape index (κ2) is 6.51. The van der Waals surface area contributed by atoms with Crippen LogP contribution in [0.2, 0.25) is 5.02 Å². The Labute approximate surface area is 115 Å². The van der Waals surface area contributed by atoms with E-state index in [-0.39, 0.29) is 0 Å². The Morgan fingerprint density at radius 3 is 2.41 bits per heavy atom. The predicted octanol–water partition coefficient (Wildman–Crippen LogP) is 4.95. The van der Waals surface area contributed by atoms with Crippen molar-refractivity contribution in [2.45, 2.75) is 39.1 Å². The lowest BCUT2D eigenvalue weighted by molar-refractivity contribution is 0.503. The zero-order chi connectivity index (χ0) is 13.0. The number of rotatable bonds is 5. The van der Waals surface area contributed by atoms with Crippen molar-refractivity contribution in [3.05, 3.63) is 28.8 Å². The number of hydrogen-bond acceptors (Lipinski definition) is 1. The van der Waals surface area contributed by atoms with Gasteiger partial charge in [0, 0.05) is 29.7 Å². The van der Waals surface area contributed by atoms with Crippen LogP contribution in [0.5, 0.6) is 0 Å². The van der Waals surface area contributed by atoms with Crippen molar-refractivity contribution in [2.24, 2.45) is 5.92 Å². The summed E-state index contributed by atoms with van der Waals surface area (Å²) < 4.78 is 0. The standard InChI is InChI=1S/C14H21Cl2N/c1-10(2)7-11(3)17(4)14-8-13(16)6-5-12(14)9-15/h5-6,8,10-11H,7,9H2,1-4H3. The molecule has 17 heavy (non-hydrogen) atoms. The topological polar surface area (TPSA) is 3.24 Å². The SMILES string of the molecule is CC(C)CC(C)N(C)c1cc(Cl)ccc1CCl. The van der Waals surface area contributed by atoms with Crippen LogP contribution in [-0.2, 0) is 5.88 Å². The molecule has 1 rings (SSSR count). The largest absolute Gasteiger partial charge is 0.372 e. The van der Waals surface area contributed by atoms with Crippen LogP contribution >= 0.6 is 23.2 Å². The van der Waals surface area contributed by atoms with Gasteiger partial charge in [-0.1, -0.05) is 31.5 Å². The number of benzene rings is 1. The smallest absolute Gasteiger partial charge is 0.0494 e. The molecule has 0 aliphatic heterocycles. The summed E-state index contributed by atoms with van der Waals surface area (Å²) in [4.78, 5) is 2.27. The first-order valence-electron chi connectivity index (χ1n) is 6.03. The zero-order valence-corrected chi connectivity index (χ0v) is 12.5. The van der Waals surface area contributed by atoms with E-state index in [1.54, 1.807) is 0 Å². The van der Waals surface area contributed by atoms with Gasteiger partial charge in [0.05, 0.1) is 0 Å². The summed E-state index contributed by atoms with van der Waals surface area (Å²) in [6.45, 7) is 6.72. The summed E-state index contributed by atoms with van der Waals surface area (Å²) in [6, 6.07) is 6.37. The number of nitrogens with zero attached hydrogens (tertiary/aromatic N) is 1. The maximum Gasteiger partial charge on any atom is 0.0494 e. The molecule has 0 amide bonds. The van der Waals surface area contributed by atoms with Crippen LogP contribution in [0, 0.1) is 5.92 Å². The molecule has 0 fully saturated rings. The Kier molecular flexibility index (Phi) is 5.61. The third-order valence-electron chi connectivity index (χ3n) is 3.04. The highest BCUT2D eigenvalue weighted by Crippen LogP contribution is 2.28. The first-order valence-corrected chi connectivity index (χ1v) is 6.94. The van der Waals surface area contributed by atoms with Gasteiger partial charge in [-0.25, -0.2) is 0 Å². The highest BCUT2D eigenvalue weighted by molar-refractivity contribution is 6.31. The molecule has 1 atom stereocenters. The Hall–Kier alpha value is -0.400. The van der Waals surface area contributed by atoms with Gasteiger partial charge in [0.15, 0.2) is 0 Å². The highest BCUT2D eigenvalue weighted by atomic mass is 35.5. The highest BCUT2D eigenvalue weighted by Gasteiger charge is 2.14. The van der Waals surface area contributed by atoms with Crippen molar-refractivity contribution in [1.29, 1.82) is 0 Å². The van der Waals surface area contributed by atoms with Gasteiger partial charge in [-0.05, 0) is 37.0 Å². The third-order valence-corrected chi connectivity index (χ3v) is 3.57. The van der Waals surface area contributed by atoms with Gasteiger partial charge in [-0.2, -0.15) is 0 Å². The molecule has 1 nitrogen and oxygen atoms in total. The van der Waals surface area contributed by atoms with Crippen molar-refractivity contribution in [3.8, 4) is 0 Å². The van der Waals surface area contributed by atoms with Gasteiger partial charge in [-0.3, -0.25) is 0 Å². The number of hydrogen-bond donors (Lipinski definition) is 0. The van der Waals surface area contributed by atoms with Crippen LogP contribution < -0.4 is 4.90 Å². The molecular formula is C14H21Cl2N. The molecule has 0 aromatic heterocycles. The first-order chi connectivity index (χ1) is 7.95. The predicted molar refractivity (Wildman–Crippen MR) is 78.3 cm³/mol. The molecule has 1 aromatic carbocycles. The summed E-state index contributed by atoms with van der Waals surface area (Å²) >= 11 is 12.0. The van der Waals surface area contributed by atoms with Gasteiger partial charge in [-0.15, -0.1) is 11.6 Å². The van der Waals surface area contributed by atoms with Crippen molar-refractivity contribution in [2.75, 3.05) is 11.9 Å². The van der Waals surface area contributed by atoms with E-state index in [9.17, 15) is 0 Å². The normalized spacial score (nSPS) is 12.9. The average molecular weight is 274 g/mol. The van der Waals surface area contributed by atoms with E-state index in [1.165, 1.54) is 0 Å². The second-order valence-corrected chi connectivity index (χ2v) is 5.70. The molecular weight excluding hydrogens is 253 g/mol. The Balaban J connectivity index is 2.93. The van der Waals surface area contributed by atoms with E-state index < -0.39 is 0 Å². The van der Waals surface area contributed by atoms with Gasteiger partial charge >= 0.3 is 0 Å². The van der Waals surface area contributed by atoms with Crippen molar-refractivity contribution >= 4 is 28.9 Å². The van der Waals surface area contributed by atoms with Gasteiger partial charge in [0.1, 0.15) is 0 Å². The molecule has 0 heterocycles. The second-order valence-electron chi connectivity index (χ2n) is 5.00. The lowest BCUT2D eigenvalue weighted by atomic mass is 10.0. The molecule has 0 radical (unpaired) electrons. The van der Waals surface area contributed by atoms with Gasteiger partial charge in [0.2, 0.25) is 0 Å². The molecule has 1 unspecified atom stereocenters. The van der Waals surface area contributed by atoms with E-state index in [4.69, 9.17) is 23.2 Å². The Morgan fingerprint density at radius 2 is 1.88 bits per heavy atom. The fourth-order valence-electron chi connectivity index (χ4n) is 2.06. The molecule has 0 saturated carbocycles. The fraction of sp³-hybridized carbons (Fsp3) is 0.571. The molecule has 0 saturated heterocycles. The molecule has 1 aromatic rings. The first kappa shape index (κ1) is 14.7. The van der Waals surface area contributed by atoms with E-state index >= 15 is 0 Å². The number of alkyl halides is 1. The van der Waals surface area contributed by atoms with Crippen LogP contribution in [0.3, 0.4) is 0 Å². The van der Waals surface area contributed by atoms with Crippen molar-refractivity contribution in [1.82, 2.24) is 0 Å². The van der Waals surface area contributed by atoms with E-state index in [2.05, 4.69) is 32.7 Å². The van der Waals surface area contributed by atoms with Gasteiger partial charge in [0.25, 0.3) is 0 Å². The maximum atomic E-state index is 6.06. The van der Waals surface area contributed by atoms with Gasteiger partial charge < -0.3 is 4.90 Å². The van der Waals surface area contributed by atoms with Crippen LogP contribution in [0.4, 0.5) is 5.69 Å². The maximum absolute atomic E-state index is 6.06. The number of halogens is 2. The van der Waals surface area contributed by atoms with Crippen LogP contribution in [0.15, 0.2) is 18.2 Å². The monoisotopic (exact) mass is 273 g/mol. The van der Waals surface area contributed by atoms with E-state index in [0.717, 1.165) is 22.7 Å². The third kappa shape index (κ3) is 4.08. The van der Waals surface area contributed by atoms with Crippen molar-refractivity contribution in [3.63, 3.8) is 0 Å². The molecule has 0 aliphatic rings. The minimum Gasteiger partial charge on any atom is -0.372 e. The van der Waals surface area contributed by atoms with Crippen LogP contribution in [-0.4, -0.2) is 13.1 Å². The minimum atomic E-state index is 0.482. The molecule has 3 heteroatoms. The molecule has 0 aliphatic carbocycles. The summed E-state index contributed by atoms with van der Waals surface area (Å²) in [7, 11) is 2.11. The summed E-state index contributed by atoms with van der Waals surface area (Å²) in [6.07, 6.45) is 1.16. The summed E-state index contributed by atoms with van der Waals surface area (Å²) in [5.74, 6) is 1.21. The Morgan fingerprint density at radius 1 is 1.24 bits per heavy atom. The fourth-order valence-corrected chi connectivity index (χ4v) is 2.45. The quantitative estimate of drug-likeness (QED) is 0.687. The van der Waals surface area contributed by atoms with E-state index in [1.807, 2.05) is 18.2 Å². The Bertz CT molecular complexity index is 363. The summed E-state index contributed by atoms with van der Waals surface area (Å²) in [5.41, 5.74) is 2.27. The molecule has 0 N–H and O–H groups in total. The van der Waals surface area contributed by atoms with Crippen LogP contribution in [0.25, 0.3) is 0 Å². The lowest BCUT2D eigenvalue weighted by Gasteiger charge is -2.30. The summed E-state index contributed by atoms with van der Waals surface area (Å²) in [5, 5.41) is 0.762. The van der Waals surface area contributed by atoms with Crippen molar-refractivity contribution < 1.29 is 0 Å². The average Bonchev–Trinajstić information content (AvgIpc) is 2.27. The molecule has 96 valence electrons. The number of anilines is 1. The molecule has 0 bridgehead atoms. The zero-order valence-electron chi connectivity index (χ0n) is 11.0. The minimum absolute atomic E-state index is 0.482.